The van der Waals surface area contributed by atoms with Crippen molar-refractivity contribution in [3.63, 3.8) is 0 Å². The SMILES string of the molecule is Cc1ccc(NC(=O)c2cnc(Nc3ccc(Cl)cc3)nc2)c(C)c1. The summed E-state index contributed by atoms with van der Waals surface area (Å²) in [5.74, 6) is 0.162. The van der Waals surface area contributed by atoms with Gasteiger partial charge in [0.05, 0.1) is 5.56 Å². The van der Waals surface area contributed by atoms with Gasteiger partial charge in [-0.05, 0) is 49.7 Å². The quantitative estimate of drug-likeness (QED) is 0.711. The molecular formula is C19H17ClN4O. The molecular weight excluding hydrogens is 336 g/mol. The number of carbonyl (C=O) groups is 1. The maximum absolute atomic E-state index is 12.3. The Balaban J connectivity index is 1.68. The minimum absolute atomic E-state index is 0.245. The fraction of sp³-hybridized carbons (Fsp3) is 0.105. The third-order valence-electron chi connectivity index (χ3n) is 3.64. The van der Waals surface area contributed by atoms with Crippen LogP contribution in [0.4, 0.5) is 17.3 Å². The van der Waals surface area contributed by atoms with Crippen LogP contribution in [0, 0.1) is 13.8 Å². The Morgan fingerprint density at radius 3 is 2.32 bits per heavy atom. The van der Waals surface area contributed by atoms with Crippen molar-refractivity contribution in [2.24, 2.45) is 0 Å². The summed E-state index contributed by atoms with van der Waals surface area (Å²) >= 11 is 5.85. The molecule has 0 saturated carbocycles. The highest BCUT2D eigenvalue weighted by Crippen LogP contribution is 2.18. The number of carbonyl (C=O) groups excluding carboxylic acids is 1. The molecule has 0 aliphatic carbocycles. The third kappa shape index (κ3) is 4.33. The highest BCUT2D eigenvalue weighted by molar-refractivity contribution is 6.30. The first-order valence-corrected chi connectivity index (χ1v) is 8.12. The lowest BCUT2D eigenvalue weighted by molar-refractivity contribution is 0.102. The number of hydrogen-bond acceptors (Lipinski definition) is 4. The molecule has 5 nitrogen and oxygen atoms in total. The molecule has 6 heteroatoms. The Labute approximate surface area is 151 Å². The number of halogens is 1. The lowest BCUT2D eigenvalue weighted by Gasteiger charge is -2.09. The second kappa shape index (κ2) is 7.32. The van der Waals surface area contributed by atoms with E-state index in [2.05, 4.69) is 20.6 Å². The highest BCUT2D eigenvalue weighted by atomic mass is 35.5. The van der Waals surface area contributed by atoms with E-state index in [0.717, 1.165) is 22.5 Å². The first-order chi connectivity index (χ1) is 12.0. The predicted molar refractivity (Wildman–Crippen MR) is 101 cm³/mol. The molecule has 1 aromatic heterocycles. The van der Waals surface area contributed by atoms with Crippen LogP contribution in [0.2, 0.25) is 5.02 Å². The first-order valence-electron chi connectivity index (χ1n) is 7.74. The molecule has 0 aliphatic heterocycles. The van der Waals surface area contributed by atoms with Gasteiger partial charge in [0.2, 0.25) is 5.95 Å². The van der Waals surface area contributed by atoms with Gasteiger partial charge in [0.15, 0.2) is 0 Å². The lowest BCUT2D eigenvalue weighted by Crippen LogP contribution is -2.14. The molecule has 3 rings (SSSR count). The second-order valence-corrected chi connectivity index (χ2v) is 6.14. The Bertz CT molecular complexity index is 892. The minimum Gasteiger partial charge on any atom is -0.324 e. The molecule has 0 fully saturated rings. The van der Waals surface area contributed by atoms with E-state index >= 15 is 0 Å². The number of hydrogen-bond donors (Lipinski definition) is 2. The zero-order valence-electron chi connectivity index (χ0n) is 13.9. The number of anilines is 3. The van der Waals surface area contributed by atoms with Crippen molar-refractivity contribution >= 4 is 34.8 Å². The lowest BCUT2D eigenvalue weighted by atomic mass is 10.1. The van der Waals surface area contributed by atoms with Crippen LogP contribution in [0.25, 0.3) is 0 Å². The van der Waals surface area contributed by atoms with E-state index in [1.165, 1.54) is 12.4 Å². The Hall–Kier alpha value is -2.92. The molecule has 1 heterocycles. The van der Waals surface area contributed by atoms with E-state index in [1.54, 1.807) is 12.1 Å². The molecule has 2 N–H and O–H groups in total. The summed E-state index contributed by atoms with van der Waals surface area (Å²) in [5, 5.41) is 6.58. The van der Waals surface area contributed by atoms with Gasteiger partial charge in [-0.2, -0.15) is 0 Å². The third-order valence-corrected chi connectivity index (χ3v) is 3.90. The predicted octanol–water partition coefficient (Wildman–Crippen LogP) is 4.74. The minimum atomic E-state index is -0.245. The van der Waals surface area contributed by atoms with Crippen LogP contribution in [0.15, 0.2) is 54.9 Å². The number of aryl methyl sites for hydroxylation is 2. The van der Waals surface area contributed by atoms with Crippen molar-refractivity contribution in [2.75, 3.05) is 10.6 Å². The van der Waals surface area contributed by atoms with Crippen molar-refractivity contribution in [3.05, 3.63) is 76.6 Å². The molecule has 126 valence electrons. The number of benzene rings is 2. The number of nitrogens with zero attached hydrogens (tertiary/aromatic N) is 2. The Morgan fingerprint density at radius 2 is 1.68 bits per heavy atom. The smallest absolute Gasteiger partial charge is 0.258 e. The van der Waals surface area contributed by atoms with E-state index in [4.69, 9.17) is 11.6 Å². The van der Waals surface area contributed by atoms with Crippen molar-refractivity contribution in [2.45, 2.75) is 13.8 Å². The van der Waals surface area contributed by atoms with E-state index in [0.29, 0.717) is 16.5 Å². The average molecular weight is 353 g/mol. The summed E-state index contributed by atoms with van der Waals surface area (Å²) in [6.45, 7) is 3.97. The molecule has 0 bridgehead atoms. The van der Waals surface area contributed by atoms with Crippen molar-refractivity contribution in [3.8, 4) is 0 Å². The number of rotatable bonds is 4. The van der Waals surface area contributed by atoms with Crippen LogP contribution >= 0.6 is 11.6 Å². The van der Waals surface area contributed by atoms with Gasteiger partial charge in [-0.3, -0.25) is 4.79 Å². The molecule has 2 aromatic carbocycles. The zero-order valence-corrected chi connectivity index (χ0v) is 14.6. The van der Waals surface area contributed by atoms with Crippen LogP contribution in [-0.4, -0.2) is 15.9 Å². The van der Waals surface area contributed by atoms with Crippen LogP contribution in [0.3, 0.4) is 0 Å². The number of amides is 1. The van der Waals surface area contributed by atoms with Gasteiger partial charge in [-0.15, -0.1) is 0 Å². The molecule has 25 heavy (non-hydrogen) atoms. The van der Waals surface area contributed by atoms with Crippen molar-refractivity contribution < 1.29 is 4.79 Å². The summed E-state index contributed by atoms with van der Waals surface area (Å²) < 4.78 is 0. The number of nitrogens with one attached hydrogen (secondary N) is 2. The molecule has 3 aromatic rings. The van der Waals surface area contributed by atoms with Gasteiger partial charge >= 0.3 is 0 Å². The standard InChI is InChI=1S/C19H17ClN4O/c1-12-3-8-17(13(2)9-12)24-18(25)14-10-21-19(22-11-14)23-16-6-4-15(20)5-7-16/h3-11H,1-2H3,(H,24,25)(H,21,22,23). The summed E-state index contributed by atoms with van der Waals surface area (Å²) in [5.41, 5.74) is 4.14. The van der Waals surface area contributed by atoms with Crippen LogP contribution in [0.1, 0.15) is 21.5 Å². The van der Waals surface area contributed by atoms with Gasteiger partial charge in [-0.1, -0.05) is 29.3 Å². The fourth-order valence-electron chi connectivity index (χ4n) is 2.32. The largest absolute Gasteiger partial charge is 0.324 e. The van der Waals surface area contributed by atoms with Gasteiger partial charge in [0.1, 0.15) is 0 Å². The van der Waals surface area contributed by atoms with E-state index in [1.807, 2.05) is 44.2 Å². The number of aromatic nitrogens is 2. The summed E-state index contributed by atoms with van der Waals surface area (Å²) in [6.07, 6.45) is 2.98. The fourth-order valence-corrected chi connectivity index (χ4v) is 2.45. The molecule has 0 atom stereocenters. The highest BCUT2D eigenvalue weighted by Gasteiger charge is 2.09. The normalized spacial score (nSPS) is 10.4. The molecule has 0 unspecified atom stereocenters. The zero-order chi connectivity index (χ0) is 17.8. The Morgan fingerprint density at radius 1 is 1.00 bits per heavy atom. The maximum Gasteiger partial charge on any atom is 0.258 e. The maximum atomic E-state index is 12.3. The van der Waals surface area contributed by atoms with Crippen LogP contribution < -0.4 is 10.6 Å². The molecule has 0 aliphatic rings. The molecule has 0 spiro atoms. The second-order valence-electron chi connectivity index (χ2n) is 5.70. The first kappa shape index (κ1) is 16.9. The Kier molecular flexibility index (Phi) is 4.95. The molecule has 0 saturated heterocycles. The van der Waals surface area contributed by atoms with E-state index in [-0.39, 0.29) is 5.91 Å². The summed E-state index contributed by atoms with van der Waals surface area (Å²) in [6, 6.07) is 13.1. The topological polar surface area (TPSA) is 66.9 Å². The molecule has 1 amide bonds. The monoisotopic (exact) mass is 352 g/mol. The van der Waals surface area contributed by atoms with E-state index < -0.39 is 0 Å². The van der Waals surface area contributed by atoms with Crippen LogP contribution in [0.5, 0.6) is 0 Å². The van der Waals surface area contributed by atoms with Gasteiger partial charge in [0.25, 0.3) is 5.91 Å². The van der Waals surface area contributed by atoms with Gasteiger partial charge in [0, 0.05) is 28.8 Å². The van der Waals surface area contributed by atoms with Crippen molar-refractivity contribution in [1.29, 1.82) is 0 Å². The average Bonchev–Trinajstić information content (AvgIpc) is 2.60. The summed E-state index contributed by atoms with van der Waals surface area (Å²) in [7, 11) is 0. The van der Waals surface area contributed by atoms with Gasteiger partial charge in [-0.25, -0.2) is 9.97 Å². The van der Waals surface area contributed by atoms with Crippen molar-refractivity contribution in [1.82, 2.24) is 9.97 Å². The van der Waals surface area contributed by atoms with Crippen LogP contribution in [-0.2, 0) is 0 Å². The van der Waals surface area contributed by atoms with E-state index in [9.17, 15) is 4.79 Å². The van der Waals surface area contributed by atoms with Gasteiger partial charge < -0.3 is 10.6 Å². The summed E-state index contributed by atoms with van der Waals surface area (Å²) in [4.78, 5) is 20.7. The molecule has 0 radical (unpaired) electrons.